The van der Waals surface area contributed by atoms with Crippen molar-refractivity contribution in [3.05, 3.63) is 51.1 Å². The van der Waals surface area contributed by atoms with Crippen LogP contribution in [0.4, 0.5) is 0 Å². The van der Waals surface area contributed by atoms with Crippen molar-refractivity contribution in [2.24, 2.45) is 0 Å². The Morgan fingerprint density at radius 1 is 1.35 bits per heavy atom. The number of halogens is 2. The van der Waals surface area contributed by atoms with E-state index >= 15 is 0 Å². The molecule has 3 nitrogen and oxygen atoms in total. The Morgan fingerprint density at radius 2 is 2.15 bits per heavy atom. The molecule has 20 heavy (non-hydrogen) atoms. The highest BCUT2D eigenvalue weighted by molar-refractivity contribution is 9.10. The molecule has 0 aliphatic carbocycles. The normalized spacial score (nSPS) is 10.6. The van der Waals surface area contributed by atoms with Crippen molar-refractivity contribution in [1.29, 1.82) is 0 Å². The van der Waals surface area contributed by atoms with Crippen molar-refractivity contribution in [3.8, 4) is 11.6 Å². The average Bonchev–Trinajstić information content (AvgIpc) is 2.42. The van der Waals surface area contributed by atoms with Gasteiger partial charge in [-0.1, -0.05) is 18.5 Å². The molecule has 0 unspecified atom stereocenters. The Hall–Kier alpha value is -1.10. The molecule has 2 aromatic rings. The van der Waals surface area contributed by atoms with Gasteiger partial charge in [0.25, 0.3) is 0 Å². The van der Waals surface area contributed by atoms with E-state index in [1.165, 1.54) is 0 Å². The van der Waals surface area contributed by atoms with Gasteiger partial charge in [-0.05, 0) is 59.2 Å². The summed E-state index contributed by atoms with van der Waals surface area (Å²) in [6, 6.07) is 7.48. The van der Waals surface area contributed by atoms with Gasteiger partial charge >= 0.3 is 0 Å². The van der Waals surface area contributed by atoms with Crippen LogP contribution in [0.3, 0.4) is 0 Å². The fraction of sp³-hybridized carbons (Fsp3) is 0.267. The van der Waals surface area contributed by atoms with Crippen LogP contribution < -0.4 is 10.1 Å². The summed E-state index contributed by atoms with van der Waals surface area (Å²) in [5.41, 5.74) is 2.15. The van der Waals surface area contributed by atoms with Crippen LogP contribution in [0, 0.1) is 6.92 Å². The third-order valence-electron chi connectivity index (χ3n) is 2.77. The third-order valence-corrected chi connectivity index (χ3v) is 3.62. The predicted octanol–water partition coefficient (Wildman–Crippen LogP) is 4.71. The first kappa shape index (κ1) is 15.3. The maximum absolute atomic E-state index is 5.91. The lowest BCUT2D eigenvalue weighted by atomic mass is 10.2. The highest BCUT2D eigenvalue weighted by Gasteiger charge is 2.08. The van der Waals surface area contributed by atoms with Crippen molar-refractivity contribution in [2.45, 2.75) is 20.4 Å². The molecule has 0 spiro atoms. The summed E-state index contributed by atoms with van der Waals surface area (Å²) in [4.78, 5) is 4.37. The first-order valence-corrected chi connectivity index (χ1v) is 7.56. The monoisotopic (exact) mass is 354 g/mol. The summed E-state index contributed by atoms with van der Waals surface area (Å²) >= 11 is 9.34. The van der Waals surface area contributed by atoms with E-state index in [4.69, 9.17) is 16.3 Å². The minimum absolute atomic E-state index is 0.605. The predicted molar refractivity (Wildman–Crippen MR) is 85.6 cm³/mol. The number of rotatable bonds is 5. The molecule has 1 aromatic heterocycles. The smallest absolute Gasteiger partial charge is 0.222 e. The largest absolute Gasteiger partial charge is 0.438 e. The summed E-state index contributed by atoms with van der Waals surface area (Å²) in [6.45, 7) is 5.82. The SMILES string of the molecule is CCNCc1cnc(Oc2ccc(Cl)cc2Br)c(C)c1. The first-order valence-electron chi connectivity index (χ1n) is 6.39. The molecule has 1 aromatic carbocycles. The van der Waals surface area contributed by atoms with E-state index in [0.29, 0.717) is 16.7 Å². The van der Waals surface area contributed by atoms with Gasteiger partial charge < -0.3 is 10.1 Å². The van der Waals surface area contributed by atoms with E-state index in [2.05, 4.69) is 39.2 Å². The zero-order valence-corrected chi connectivity index (χ0v) is 13.8. The fourth-order valence-corrected chi connectivity index (χ4v) is 2.52. The standard InChI is InChI=1S/C15H16BrClN2O/c1-3-18-8-11-6-10(2)15(19-9-11)20-14-5-4-12(17)7-13(14)16/h4-7,9,18H,3,8H2,1-2H3. The fourth-order valence-electron chi connectivity index (χ4n) is 1.76. The second kappa shape index (κ2) is 7.07. The second-order valence-corrected chi connectivity index (χ2v) is 5.71. The molecular weight excluding hydrogens is 340 g/mol. The van der Waals surface area contributed by atoms with Crippen molar-refractivity contribution in [2.75, 3.05) is 6.54 Å². The molecule has 0 radical (unpaired) electrons. The summed E-state index contributed by atoms with van der Waals surface area (Å²) in [6.07, 6.45) is 1.83. The Morgan fingerprint density at radius 3 is 2.80 bits per heavy atom. The molecule has 5 heteroatoms. The summed E-state index contributed by atoms with van der Waals surface area (Å²) in [7, 11) is 0. The second-order valence-electron chi connectivity index (χ2n) is 4.42. The number of benzene rings is 1. The van der Waals surface area contributed by atoms with E-state index in [1.54, 1.807) is 12.1 Å². The molecule has 0 saturated carbocycles. The molecule has 0 saturated heterocycles. The van der Waals surface area contributed by atoms with Crippen molar-refractivity contribution in [1.82, 2.24) is 10.3 Å². The molecule has 0 atom stereocenters. The molecule has 0 amide bonds. The molecule has 1 N–H and O–H groups in total. The zero-order chi connectivity index (χ0) is 14.5. The summed E-state index contributed by atoms with van der Waals surface area (Å²) in [5.74, 6) is 1.30. The molecule has 0 aliphatic rings. The maximum Gasteiger partial charge on any atom is 0.222 e. The highest BCUT2D eigenvalue weighted by atomic mass is 79.9. The van der Waals surface area contributed by atoms with E-state index in [0.717, 1.165) is 28.7 Å². The van der Waals surface area contributed by atoms with Gasteiger partial charge in [0, 0.05) is 23.3 Å². The van der Waals surface area contributed by atoms with E-state index in [9.17, 15) is 0 Å². The number of hydrogen-bond acceptors (Lipinski definition) is 3. The Bertz CT molecular complexity index is 604. The average molecular weight is 356 g/mol. The minimum Gasteiger partial charge on any atom is -0.438 e. The molecule has 106 valence electrons. The van der Waals surface area contributed by atoms with Crippen LogP contribution >= 0.6 is 27.5 Å². The minimum atomic E-state index is 0.605. The molecule has 0 fully saturated rings. The molecule has 2 rings (SSSR count). The highest BCUT2D eigenvalue weighted by Crippen LogP contribution is 2.32. The van der Waals surface area contributed by atoms with Gasteiger partial charge in [-0.25, -0.2) is 4.98 Å². The van der Waals surface area contributed by atoms with Crippen LogP contribution in [0.5, 0.6) is 11.6 Å². The molecule has 0 aliphatic heterocycles. The number of pyridine rings is 1. The number of aryl methyl sites for hydroxylation is 1. The van der Waals surface area contributed by atoms with E-state index < -0.39 is 0 Å². The Labute approximate surface area is 132 Å². The molecular formula is C15H16BrClN2O. The third kappa shape index (κ3) is 3.95. The van der Waals surface area contributed by atoms with Crippen LogP contribution in [0.15, 0.2) is 34.9 Å². The van der Waals surface area contributed by atoms with Gasteiger partial charge in [0.05, 0.1) is 4.47 Å². The van der Waals surface area contributed by atoms with Crippen LogP contribution in [0.1, 0.15) is 18.1 Å². The van der Waals surface area contributed by atoms with E-state index in [-0.39, 0.29) is 0 Å². The maximum atomic E-state index is 5.91. The quantitative estimate of drug-likeness (QED) is 0.843. The molecule has 1 heterocycles. The van der Waals surface area contributed by atoms with Gasteiger partial charge in [-0.2, -0.15) is 0 Å². The number of aromatic nitrogens is 1. The Balaban J connectivity index is 2.17. The van der Waals surface area contributed by atoms with Gasteiger partial charge in [0.1, 0.15) is 5.75 Å². The van der Waals surface area contributed by atoms with Gasteiger partial charge in [-0.3, -0.25) is 0 Å². The topological polar surface area (TPSA) is 34.2 Å². The number of hydrogen-bond donors (Lipinski definition) is 1. The van der Waals surface area contributed by atoms with Gasteiger partial charge in [0.15, 0.2) is 0 Å². The lowest BCUT2D eigenvalue weighted by Crippen LogP contribution is -2.12. The molecule has 0 bridgehead atoms. The van der Waals surface area contributed by atoms with Crippen LogP contribution in [-0.4, -0.2) is 11.5 Å². The number of ether oxygens (including phenoxy) is 1. The van der Waals surface area contributed by atoms with Crippen LogP contribution in [0.25, 0.3) is 0 Å². The summed E-state index contributed by atoms with van der Waals surface area (Å²) in [5, 5.41) is 3.94. The van der Waals surface area contributed by atoms with Crippen molar-refractivity contribution >= 4 is 27.5 Å². The van der Waals surface area contributed by atoms with Gasteiger partial charge in [0.2, 0.25) is 5.88 Å². The van der Waals surface area contributed by atoms with Crippen LogP contribution in [-0.2, 0) is 6.54 Å². The number of nitrogens with one attached hydrogen (secondary N) is 1. The lowest BCUT2D eigenvalue weighted by molar-refractivity contribution is 0.455. The van der Waals surface area contributed by atoms with Gasteiger partial charge in [-0.15, -0.1) is 0 Å². The van der Waals surface area contributed by atoms with Crippen LogP contribution in [0.2, 0.25) is 5.02 Å². The Kier molecular flexibility index (Phi) is 5.40. The lowest BCUT2D eigenvalue weighted by Gasteiger charge is -2.11. The van der Waals surface area contributed by atoms with Crippen molar-refractivity contribution in [3.63, 3.8) is 0 Å². The first-order chi connectivity index (χ1) is 9.60. The van der Waals surface area contributed by atoms with Crippen molar-refractivity contribution < 1.29 is 4.74 Å². The van der Waals surface area contributed by atoms with E-state index in [1.807, 2.05) is 19.2 Å². The summed E-state index contributed by atoms with van der Waals surface area (Å²) < 4.78 is 6.63. The number of nitrogens with zero attached hydrogens (tertiary/aromatic N) is 1. The zero-order valence-electron chi connectivity index (χ0n) is 11.4.